The van der Waals surface area contributed by atoms with Crippen molar-refractivity contribution < 1.29 is 26.9 Å². The summed E-state index contributed by atoms with van der Waals surface area (Å²) in [4.78, 5) is 12.4. The molecule has 2 aliphatic carbocycles. The van der Waals surface area contributed by atoms with Gasteiger partial charge in [-0.3, -0.25) is 8.98 Å². The highest BCUT2D eigenvalue weighted by molar-refractivity contribution is 7.85. The van der Waals surface area contributed by atoms with Crippen LogP contribution >= 0.6 is 0 Å². The van der Waals surface area contributed by atoms with Crippen LogP contribution in [0.3, 0.4) is 0 Å². The normalized spacial score (nSPS) is 44.4. The SMILES string of the molecule is C=CC1=C2[C@H](COS(C)(=O)=O)CC[C@]3(C)C(=O)O[C@H]([C@H]4O[C@@H]14)[C@H]23. The van der Waals surface area contributed by atoms with Crippen LogP contribution in [0.2, 0.25) is 0 Å². The van der Waals surface area contributed by atoms with Gasteiger partial charge in [0.2, 0.25) is 0 Å². The van der Waals surface area contributed by atoms with Gasteiger partial charge in [-0.25, -0.2) is 0 Å². The van der Waals surface area contributed by atoms with E-state index in [2.05, 4.69) is 6.58 Å². The molecule has 0 radical (unpaired) electrons. The van der Waals surface area contributed by atoms with Gasteiger partial charge in [0.05, 0.1) is 18.3 Å². The van der Waals surface area contributed by atoms with Gasteiger partial charge in [-0.05, 0) is 25.3 Å². The maximum Gasteiger partial charge on any atom is 0.312 e. The summed E-state index contributed by atoms with van der Waals surface area (Å²) in [6.45, 7) is 5.92. The van der Waals surface area contributed by atoms with Crippen LogP contribution in [0, 0.1) is 17.3 Å². The molecule has 6 atom stereocenters. The molecule has 7 heteroatoms. The van der Waals surface area contributed by atoms with Gasteiger partial charge in [-0.2, -0.15) is 8.42 Å². The second-order valence-corrected chi connectivity index (χ2v) is 8.77. The molecule has 4 aliphatic rings. The topological polar surface area (TPSA) is 82.2 Å². The predicted octanol–water partition coefficient (Wildman–Crippen LogP) is 1.18. The first-order valence-corrected chi connectivity index (χ1v) is 9.65. The van der Waals surface area contributed by atoms with Gasteiger partial charge in [-0.1, -0.05) is 18.2 Å². The largest absolute Gasteiger partial charge is 0.458 e. The molecule has 2 aliphatic heterocycles. The van der Waals surface area contributed by atoms with Crippen LogP contribution in [0.15, 0.2) is 23.8 Å². The smallest absolute Gasteiger partial charge is 0.312 e. The summed E-state index contributed by atoms with van der Waals surface area (Å²) < 4.78 is 39.1. The molecular weight excluding hydrogens is 320 g/mol. The molecule has 1 saturated carbocycles. The van der Waals surface area contributed by atoms with Crippen molar-refractivity contribution in [2.45, 2.75) is 38.1 Å². The fraction of sp³-hybridized carbons (Fsp3) is 0.688. The maximum absolute atomic E-state index is 12.4. The van der Waals surface area contributed by atoms with Crippen LogP contribution in [0.5, 0.6) is 0 Å². The Morgan fingerprint density at radius 2 is 2.17 bits per heavy atom. The summed E-state index contributed by atoms with van der Waals surface area (Å²) in [5, 5.41) is 0. The lowest BCUT2D eigenvalue weighted by molar-refractivity contribution is -0.149. The van der Waals surface area contributed by atoms with Gasteiger partial charge < -0.3 is 9.47 Å². The molecule has 6 nitrogen and oxygen atoms in total. The zero-order valence-electron chi connectivity index (χ0n) is 13.2. The average molecular weight is 340 g/mol. The Kier molecular flexibility index (Phi) is 3.12. The van der Waals surface area contributed by atoms with E-state index < -0.39 is 15.5 Å². The lowest BCUT2D eigenvalue weighted by Gasteiger charge is -2.42. The Morgan fingerprint density at radius 3 is 2.83 bits per heavy atom. The van der Waals surface area contributed by atoms with Gasteiger partial charge in [0.25, 0.3) is 10.1 Å². The molecule has 0 unspecified atom stereocenters. The van der Waals surface area contributed by atoms with Gasteiger partial charge in [0, 0.05) is 11.8 Å². The van der Waals surface area contributed by atoms with Crippen LogP contribution in [0.25, 0.3) is 0 Å². The van der Waals surface area contributed by atoms with E-state index in [-0.39, 0.29) is 42.7 Å². The number of epoxide rings is 1. The first kappa shape index (κ1) is 15.4. The summed E-state index contributed by atoms with van der Waals surface area (Å²) in [6.07, 6.45) is 3.74. The number of hydrogen-bond acceptors (Lipinski definition) is 6. The lowest BCUT2D eigenvalue weighted by Crippen LogP contribution is -2.45. The highest BCUT2D eigenvalue weighted by Crippen LogP contribution is 2.61. The number of fused-ring (bicyclic) bond motifs is 2. The summed E-state index contributed by atoms with van der Waals surface area (Å²) in [6, 6.07) is 0. The van der Waals surface area contributed by atoms with Crippen molar-refractivity contribution in [3.8, 4) is 0 Å². The molecule has 0 aromatic carbocycles. The third-order valence-electron chi connectivity index (χ3n) is 5.70. The lowest BCUT2D eigenvalue weighted by atomic mass is 9.58. The molecule has 4 rings (SSSR count). The molecule has 23 heavy (non-hydrogen) atoms. The highest BCUT2D eigenvalue weighted by atomic mass is 32.2. The van der Waals surface area contributed by atoms with Gasteiger partial charge in [-0.15, -0.1) is 0 Å². The minimum atomic E-state index is -3.50. The summed E-state index contributed by atoms with van der Waals surface area (Å²) in [5.41, 5.74) is 1.47. The van der Waals surface area contributed by atoms with Crippen LogP contribution in [-0.2, 0) is 28.6 Å². The number of esters is 1. The first-order chi connectivity index (χ1) is 10.8. The molecule has 126 valence electrons. The Hall–Kier alpha value is -1.18. The highest BCUT2D eigenvalue weighted by Gasteiger charge is 2.68. The van der Waals surface area contributed by atoms with Gasteiger partial charge >= 0.3 is 5.97 Å². The van der Waals surface area contributed by atoms with E-state index >= 15 is 0 Å². The van der Waals surface area contributed by atoms with E-state index in [0.717, 1.165) is 17.4 Å². The van der Waals surface area contributed by atoms with Crippen LogP contribution in [-0.4, -0.2) is 45.6 Å². The molecule has 0 N–H and O–H groups in total. The Balaban J connectivity index is 1.76. The molecule has 0 aromatic rings. The second-order valence-electron chi connectivity index (χ2n) is 7.13. The Labute approximate surface area is 135 Å². The van der Waals surface area contributed by atoms with Crippen molar-refractivity contribution in [3.63, 3.8) is 0 Å². The van der Waals surface area contributed by atoms with Crippen molar-refractivity contribution in [1.82, 2.24) is 0 Å². The third kappa shape index (κ3) is 2.13. The zero-order valence-corrected chi connectivity index (χ0v) is 14.0. The van der Waals surface area contributed by atoms with E-state index in [1.165, 1.54) is 0 Å². The first-order valence-electron chi connectivity index (χ1n) is 7.83. The van der Waals surface area contributed by atoms with Crippen molar-refractivity contribution in [1.29, 1.82) is 0 Å². The molecule has 0 bridgehead atoms. The molecule has 2 heterocycles. The van der Waals surface area contributed by atoms with E-state index in [9.17, 15) is 13.2 Å². The fourth-order valence-electron chi connectivity index (χ4n) is 4.55. The number of carbonyl (C=O) groups is 1. The van der Waals surface area contributed by atoms with E-state index in [0.29, 0.717) is 12.8 Å². The van der Waals surface area contributed by atoms with Crippen LogP contribution < -0.4 is 0 Å². The van der Waals surface area contributed by atoms with Crippen molar-refractivity contribution in [2.75, 3.05) is 12.9 Å². The summed E-state index contributed by atoms with van der Waals surface area (Å²) in [7, 11) is -3.50. The number of hydrogen-bond donors (Lipinski definition) is 0. The van der Waals surface area contributed by atoms with E-state index in [4.69, 9.17) is 13.7 Å². The Bertz CT molecular complexity index is 723. The molecule has 3 fully saturated rings. The monoisotopic (exact) mass is 340 g/mol. The quantitative estimate of drug-likeness (QED) is 0.434. The van der Waals surface area contributed by atoms with Gasteiger partial charge in [0.15, 0.2) is 0 Å². The van der Waals surface area contributed by atoms with Crippen molar-refractivity contribution in [3.05, 3.63) is 23.8 Å². The summed E-state index contributed by atoms with van der Waals surface area (Å²) >= 11 is 0. The van der Waals surface area contributed by atoms with Crippen LogP contribution in [0.4, 0.5) is 0 Å². The van der Waals surface area contributed by atoms with E-state index in [1.807, 2.05) is 6.92 Å². The second kappa shape index (κ2) is 4.68. The summed E-state index contributed by atoms with van der Waals surface area (Å²) in [5.74, 6) is -0.307. The number of carbonyl (C=O) groups excluding carboxylic acids is 1. The minimum Gasteiger partial charge on any atom is -0.458 e. The molecule has 0 amide bonds. The maximum atomic E-state index is 12.4. The standard InChI is InChI=1S/C16H20O6S/c1-4-9-10-8(7-20-23(3,18)19)5-6-16(2)11(10)13(22-15(16)17)14-12(9)21-14/h4,8,11-14H,1,5-7H2,2-3H3/t8-,11-,12-,13-,14-,16-/m0/s1. The zero-order chi connectivity index (χ0) is 16.6. The van der Waals surface area contributed by atoms with Crippen molar-refractivity contribution in [2.24, 2.45) is 17.3 Å². The predicted molar refractivity (Wildman–Crippen MR) is 80.9 cm³/mol. The number of rotatable bonds is 4. The van der Waals surface area contributed by atoms with E-state index in [1.54, 1.807) is 6.08 Å². The molecule has 0 spiro atoms. The molecule has 2 saturated heterocycles. The minimum absolute atomic E-state index is 0.0575. The molecular formula is C16H20O6S. The van der Waals surface area contributed by atoms with Crippen LogP contribution in [0.1, 0.15) is 19.8 Å². The number of ether oxygens (including phenoxy) is 2. The van der Waals surface area contributed by atoms with Gasteiger partial charge in [0.1, 0.15) is 18.3 Å². The molecule has 0 aromatic heterocycles. The fourth-order valence-corrected chi connectivity index (χ4v) is 4.96. The van der Waals surface area contributed by atoms with Crippen molar-refractivity contribution >= 4 is 16.1 Å². The average Bonchev–Trinajstić information content (AvgIpc) is 3.20. The third-order valence-corrected chi connectivity index (χ3v) is 6.27. The Morgan fingerprint density at radius 1 is 1.43 bits per heavy atom.